The number of hydrogen-bond acceptors (Lipinski definition) is 3. The molecule has 0 spiro atoms. The van der Waals surface area contributed by atoms with Crippen molar-refractivity contribution in [3.8, 4) is 0 Å². The molecule has 5 nitrogen and oxygen atoms in total. The van der Waals surface area contributed by atoms with Gasteiger partial charge in [0.1, 0.15) is 0 Å². The first-order chi connectivity index (χ1) is 5.27. The van der Waals surface area contributed by atoms with Gasteiger partial charge in [0.05, 0.1) is 12.1 Å². The minimum absolute atomic E-state index is 0.0640. The van der Waals surface area contributed by atoms with Crippen LogP contribution in [-0.4, -0.2) is 29.0 Å². The third-order valence-corrected chi connectivity index (χ3v) is 2.05. The summed E-state index contributed by atoms with van der Waals surface area (Å²) in [6, 6.07) is -0.336. The topological polar surface area (TPSA) is 89.2 Å². The van der Waals surface area contributed by atoms with Crippen molar-refractivity contribution < 1.29 is 10.2 Å². The number of aliphatic hydroxyl groups is 2. The van der Waals surface area contributed by atoms with E-state index < -0.39 is 6.10 Å². The standard InChI is InChI=1S/C6H11N3O2/c7-9-8-5-1-4(3-10)2-6(5)11/h4-6,10-11H,1-3H2/t4-,5+,6+/m1/s1. The number of nitrogens with zero attached hydrogens (tertiary/aromatic N) is 3. The Morgan fingerprint density at radius 2 is 2.27 bits per heavy atom. The third kappa shape index (κ3) is 1.83. The smallest absolute Gasteiger partial charge is 0.0637 e. The van der Waals surface area contributed by atoms with Gasteiger partial charge in [-0.25, -0.2) is 0 Å². The van der Waals surface area contributed by atoms with Gasteiger partial charge in [-0.05, 0) is 24.3 Å². The maximum absolute atomic E-state index is 9.25. The van der Waals surface area contributed by atoms with E-state index in [0.29, 0.717) is 12.8 Å². The lowest BCUT2D eigenvalue weighted by Gasteiger charge is -2.04. The average molecular weight is 157 g/mol. The molecule has 1 aliphatic carbocycles. The predicted octanol–water partition coefficient (Wildman–Crippen LogP) is 0.428. The molecule has 1 saturated carbocycles. The predicted molar refractivity (Wildman–Crippen MR) is 38.8 cm³/mol. The van der Waals surface area contributed by atoms with Crippen molar-refractivity contribution in [3.05, 3.63) is 10.4 Å². The zero-order valence-corrected chi connectivity index (χ0v) is 6.09. The van der Waals surface area contributed by atoms with Crippen molar-refractivity contribution in [1.82, 2.24) is 0 Å². The van der Waals surface area contributed by atoms with Gasteiger partial charge in [-0.1, -0.05) is 5.11 Å². The molecule has 0 amide bonds. The summed E-state index contributed by atoms with van der Waals surface area (Å²) >= 11 is 0. The zero-order chi connectivity index (χ0) is 8.27. The van der Waals surface area contributed by atoms with Gasteiger partial charge in [-0.3, -0.25) is 0 Å². The molecule has 1 rings (SSSR count). The van der Waals surface area contributed by atoms with Gasteiger partial charge in [0.25, 0.3) is 0 Å². The van der Waals surface area contributed by atoms with Crippen molar-refractivity contribution in [3.63, 3.8) is 0 Å². The molecule has 1 fully saturated rings. The Bertz CT molecular complexity index is 179. The summed E-state index contributed by atoms with van der Waals surface area (Å²) in [6.45, 7) is 0.0640. The fourth-order valence-electron chi connectivity index (χ4n) is 1.43. The summed E-state index contributed by atoms with van der Waals surface area (Å²) in [6.07, 6.45) is 0.574. The van der Waals surface area contributed by atoms with Crippen LogP contribution in [0.2, 0.25) is 0 Å². The second-order valence-electron chi connectivity index (χ2n) is 2.86. The normalized spacial score (nSPS) is 36.7. The van der Waals surface area contributed by atoms with Crippen LogP contribution in [0.25, 0.3) is 10.4 Å². The number of rotatable bonds is 2. The van der Waals surface area contributed by atoms with Crippen molar-refractivity contribution in [2.24, 2.45) is 11.0 Å². The third-order valence-electron chi connectivity index (χ3n) is 2.05. The molecule has 0 heterocycles. The number of hydrogen-bond donors (Lipinski definition) is 2. The second kappa shape index (κ2) is 3.57. The zero-order valence-electron chi connectivity index (χ0n) is 6.09. The molecule has 0 unspecified atom stereocenters. The quantitative estimate of drug-likeness (QED) is 0.345. The van der Waals surface area contributed by atoms with E-state index in [1.807, 2.05) is 0 Å². The molecular weight excluding hydrogens is 146 g/mol. The Morgan fingerprint density at radius 3 is 2.73 bits per heavy atom. The summed E-state index contributed by atoms with van der Waals surface area (Å²) in [5.41, 5.74) is 8.09. The lowest BCUT2D eigenvalue weighted by molar-refractivity contribution is 0.153. The van der Waals surface area contributed by atoms with Crippen molar-refractivity contribution in [1.29, 1.82) is 0 Å². The van der Waals surface area contributed by atoms with Gasteiger partial charge < -0.3 is 10.2 Å². The van der Waals surface area contributed by atoms with Gasteiger partial charge in [-0.15, -0.1) is 0 Å². The summed E-state index contributed by atoms with van der Waals surface area (Å²) in [4.78, 5) is 2.62. The molecule has 2 N–H and O–H groups in total. The fraction of sp³-hybridized carbons (Fsp3) is 1.00. The van der Waals surface area contributed by atoms with E-state index in [4.69, 9.17) is 10.6 Å². The molecule has 3 atom stereocenters. The van der Waals surface area contributed by atoms with E-state index in [-0.39, 0.29) is 18.6 Å². The first kappa shape index (κ1) is 8.33. The monoisotopic (exact) mass is 157 g/mol. The highest BCUT2D eigenvalue weighted by molar-refractivity contribution is 4.87. The van der Waals surface area contributed by atoms with E-state index in [2.05, 4.69) is 10.0 Å². The van der Waals surface area contributed by atoms with E-state index in [1.165, 1.54) is 0 Å². The fourth-order valence-corrected chi connectivity index (χ4v) is 1.43. The van der Waals surface area contributed by atoms with Crippen LogP contribution in [0, 0.1) is 5.92 Å². The van der Waals surface area contributed by atoms with E-state index in [9.17, 15) is 5.11 Å². The Kier molecular flexibility index (Phi) is 2.70. The van der Waals surface area contributed by atoms with E-state index in [0.717, 1.165) is 0 Å². The van der Waals surface area contributed by atoms with Crippen LogP contribution in [-0.2, 0) is 0 Å². The molecule has 0 radical (unpaired) electrons. The molecule has 11 heavy (non-hydrogen) atoms. The molecule has 0 aromatic carbocycles. The number of aliphatic hydroxyl groups excluding tert-OH is 2. The van der Waals surface area contributed by atoms with E-state index >= 15 is 0 Å². The minimum Gasteiger partial charge on any atom is -0.396 e. The minimum atomic E-state index is -0.567. The molecule has 62 valence electrons. The lowest BCUT2D eigenvalue weighted by atomic mass is 10.1. The molecule has 0 aromatic heterocycles. The van der Waals surface area contributed by atoms with Gasteiger partial charge >= 0.3 is 0 Å². The van der Waals surface area contributed by atoms with Crippen LogP contribution in [0.5, 0.6) is 0 Å². The lowest BCUT2D eigenvalue weighted by Crippen LogP contribution is -2.15. The molecule has 0 saturated heterocycles. The van der Waals surface area contributed by atoms with Gasteiger partial charge in [0.15, 0.2) is 0 Å². The molecule has 0 bridgehead atoms. The van der Waals surface area contributed by atoms with Gasteiger partial charge in [-0.2, -0.15) is 0 Å². The summed E-state index contributed by atoms with van der Waals surface area (Å²) in [5.74, 6) is 0.0977. The van der Waals surface area contributed by atoms with Crippen LogP contribution < -0.4 is 0 Å². The second-order valence-corrected chi connectivity index (χ2v) is 2.86. The maximum atomic E-state index is 9.25. The Morgan fingerprint density at radius 1 is 1.55 bits per heavy atom. The summed E-state index contributed by atoms with van der Waals surface area (Å²) in [5, 5.41) is 21.4. The Labute approximate surface area is 64.3 Å². The Hall–Kier alpha value is -0.770. The summed E-state index contributed by atoms with van der Waals surface area (Å²) < 4.78 is 0. The van der Waals surface area contributed by atoms with Crippen molar-refractivity contribution >= 4 is 0 Å². The highest BCUT2D eigenvalue weighted by atomic mass is 16.3. The Balaban J connectivity index is 2.51. The van der Waals surface area contributed by atoms with E-state index in [1.54, 1.807) is 0 Å². The largest absolute Gasteiger partial charge is 0.396 e. The average Bonchev–Trinajstić information content (AvgIpc) is 2.33. The highest BCUT2D eigenvalue weighted by Crippen LogP contribution is 2.27. The van der Waals surface area contributed by atoms with Gasteiger partial charge in [0, 0.05) is 11.5 Å². The molecular formula is C6H11N3O2. The molecule has 0 aliphatic heterocycles. The number of azide groups is 1. The van der Waals surface area contributed by atoms with Crippen LogP contribution in [0.15, 0.2) is 5.11 Å². The summed E-state index contributed by atoms with van der Waals surface area (Å²) in [7, 11) is 0. The highest BCUT2D eigenvalue weighted by Gasteiger charge is 2.31. The van der Waals surface area contributed by atoms with Crippen LogP contribution in [0.4, 0.5) is 0 Å². The molecule has 1 aliphatic rings. The first-order valence-electron chi connectivity index (χ1n) is 3.61. The van der Waals surface area contributed by atoms with Crippen LogP contribution in [0.3, 0.4) is 0 Å². The SMILES string of the molecule is [N-]=[N+]=N[C@H]1C[C@@H](CO)C[C@@H]1O. The maximum Gasteiger partial charge on any atom is 0.0637 e. The van der Waals surface area contributed by atoms with Crippen LogP contribution in [0.1, 0.15) is 12.8 Å². The van der Waals surface area contributed by atoms with Gasteiger partial charge in [0.2, 0.25) is 0 Å². The van der Waals surface area contributed by atoms with Crippen molar-refractivity contribution in [2.75, 3.05) is 6.61 Å². The van der Waals surface area contributed by atoms with Crippen LogP contribution >= 0.6 is 0 Å². The first-order valence-corrected chi connectivity index (χ1v) is 3.61. The van der Waals surface area contributed by atoms with Crippen molar-refractivity contribution in [2.45, 2.75) is 25.0 Å². The molecule has 0 aromatic rings. The molecule has 5 heteroatoms.